The summed E-state index contributed by atoms with van der Waals surface area (Å²) in [6.45, 7) is 8.29. The predicted octanol–water partition coefficient (Wildman–Crippen LogP) is 2.97. The van der Waals surface area contributed by atoms with E-state index in [1.165, 1.54) is 0 Å². The molecule has 1 aliphatic heterocycles. The van der Waals surface area contributed by atoms with Gasteiger partial charge in [-0.1, -0.05) is 29.3 Å². The third kappa shape index (κ3) is 3.93. The summed E-state index contributed by atoms with van der Waals surface area (Å²) in [5, 5.41) is 11.5. The van der Waals surface area contributed by atoms with E-state index in [4.69, 9.17) is 23.2 Å². The van der Waals surface area contributed by atoms with Crippen LogP contribution >= 0.6 is 23.2 Å². The highest BCUT2D eigenvalue weighted by atomic mass is 35.5. The zero-order chi connectivity index (χ0) is 16.5. The van der Waals surface area contributed by atoms with Crippen LogP contribution in [0.2, 0.25) is 10.0 Å². The van der Waals surface area contributed by atoms with Gasteiger partial charge in [0.1, 0.15) is 0 Å². The van der Waals surface area contributed by atoms with E-state index >= 15 is 0 Å². The van der Waals surface area contributed by atoms with Crippen LogP contribution in [0, 0.1) is 0 Å². The molecule has 2 rings (SSSR count). The van der Waals surface area contributed by atoms with Crippen molar-refractivity contribution < 1.29 is 9.90 Å². The first-order chi connectivity index (χ1) is 10.2. The number of piperazine rings is 1. The van der Waals surface area contributed by atoms with Gasteiger partial charge in [0, 0.05) is 54.3 Å². The predicted molar refractivity (Wildman–Crippen MR) is 89.3 cm³/mol. The van der Waals surface area contributed by atoms with Crippen molar-refractivity contribution >= 4 is 29.1 Å². The zero-order valence-electron chi connectivity index (χ0n) is 13.1. The third-order valence-electron chi connectivity index (χ3n) is 4.23. The first-order valence-electron chi connectivity index (χ1n) is 7.34. The Morgan fingerprint density at radius 1 is 1.36 bits per heavy atom. The number of β-amino-alcohol motifs (C(OH)–C–C–N with tert-alkyl or cyclic N) is 1. The molecule has 4 nitrogen and oxygen atoms in total. The van der Waals surface area contributed by atoms with E-state index in [-0.39, 0.29) is 11.4 Å². The zero-order valence-corrected chi connectivity index (χ0v) is 14.7. The number of carbonyl (C=O) groups is 1. The lowest BCUT2D eigenvalue weighted by molar-refractivity contribution is -0.134. The minimum atomic E-state index is -0.687. The Bertz CT molecular complexity index is 563. The fraction of sp³-hybridized carbons (Fsp3) is 0.562. The molecule has 1 aromatic rings. The van der Waals surface area contributed by atoms with Gasteiger partial charge in [-0.25, -0.2) is 0 Å². The fourth-order valence-corrected chi connectivity index (χ4v) is 3.41. The molecule has 0 bridgehead atoms. The summed E-state index contributed by atoms with van der Waals surface area (Å²) in [5.74, 6) is 0.0917. The van der Waals surface area contributed by atoms with Crippen molar-refractivity contribution in [2.75, 3.05) is 26.2 Å². The van der Waals surface area contributed by atoms with Crippen LogP contribution in [0.1, 0.15) is 32.4 Å². The van der Waals surface area contributed by atoms with E-state index < -0.39 is 6.10 Å². The maximum absolute atomic E-state index is 11.5. The summed E-state index contributed by atoms with van der Waals surface area (Å²) in [5.41, 5.74) is 0.486. The van der Waals surface area contributed by atoms with Crippen molar-refractivity contribution in [3.8, 4) is 0 Å². The van der Waals surface area contributed by atoms with Gasteiger partial charge in [0.2, 0.25) is 5.91 Å². The molecule has 1 atom stereocenters. The van der Waals surface area contributed by atoms with Crippen molar-refractivity contribution in [2.45, 2.75) is 32.4 Å². The van der Waals surface area contributed by atoms with Crippen LogP contribution in [0.3, 0.4) is 0 Å². The van der Waals surface area contributed by atoms with Crippen LogP contribution in [-0.4, -0.2) is 52.5 Å². The summed E-state index contributed by atoms with van der Waals surface area (Å²) in [6.07, 6.45) is -0.687. The second-order valence-corrected chi connectivity index (χ2v) is 7.22. The van der Waals surface area contributed by atoms with E-state index in [2.05, 4.69) is 18.7 Å². The second-order valence-electron chi connectivity index (χ2n) is 6.38. The van der Waals surface area contributed by atoms with E-state index in [1.807, 2.05) is 4.90 Å². The molecule has 0 spiro atoms. The van der Waals surface area contributed by atoms with Crippen LogP contribution in [-0.2, 0) is 4.79 Å². The molecule has 0 aromatic heterocycles. The van der Waals surface area contributed by atoms with Crippen LogP contribution in [0.15, 0.2) is 18.2 Å². The molecule has 1 N–H and O–H groups in total. The number of hydrogen-bond donors (Lipinski definition) is 1. The highest BCUT2D eigenvalue weighted by Gasteiger charge is 2.35. The van der Waals surface area contributed by atoms with Gasteiger partial charge in [0.05, 0.1) is 6.10 Å². The molecule has 0 saturated carbocycles. The molecule has 1 unspecified atom stereocenters. The van der Waals surface area contributed by atoms with Crippen molar-refractivity contribution in [3.05, 3.63) is 33.8 Å². The van der Waals surface area contributed by atoms with Crippen LogP contribution in [0.5, 0.6) is 0 Å². The number of aliphatic hydroxyl groups excluding tert-OH is 1. The van der Waals surface area contributed by atoms with Gasteiger partial charge >= 0.3 is 0 Å². The highest BCUT2D eigenvalue weighted by molar-refractivity contribution is 6.35. The molecule has 6 heteroatoms. The highest BCUT2D eigenvalue weighted by Crippen LogP contribution is 2.29. The van der Waals surface area contributed by atoms with Crippen LogP contribution in [0.4, 0.5) is 0 Å². The molecule has 1 aromatic carbocycles. The fourth-order valence-electron chi connectivity index (χ4n) is 2.88. The number of benzene rings is 1. The average Bonchev–Trinajstić information content (AvgIpc) is 2.40. The number of carbonyl (C=O) groups excluding carboxylic acids is 1. The lowest BCUT2D eigenvalue weighted by Crippen LogP contribution is -2.60. The monoisotopic (exact) mass is 344 g/mol. The number of nitrogens with zero attached hydrogens (tertiary/aromatic N) is 2. The third-order valence-corrected chi connectivity index (χ3v) is 4.80. The molecule has 1 saturated heterocycles. The summed E-state index contributed by atoms with van der Waals surface area (Å²) in [7, 11) is 0. The maximum atomic E-state index is 11.5. The molecule has 122 valence electrons. The number of halogens is 2. The van der Waals surface area contributed by atoms with Gasteiger partial charge in [-0.3, -0.25) is 9.69 Å². The lowest BCUT2D eigenvalue weighted by atomic mass is 9.97. The largest absolute Gasteiger partial charge is 0.387 e. The van der Waals surface area contributed by atoms with Crippen molar-refractivity contribution in [2.24, 2.45) is 0 Å². The van der Waals surface area contributed by atoms with Gasteiger partial charge < -0.3 is 10.0 Å². The lowest BCUT2D eigenvalue weighted by Gasteiger charge is -2.47. The van der Waals surface area contributed by atoms with E-state index in [9.17, 15) is 9.90 Å². The quantitative estimate of drug-likeness (QED) is 0.916. The normalized spacial score (nSPS) is 20.0. The molecule has 0 aliphatic carbocycles. The topological polar surface area (TPSA) is 43.8 Å². The SMILES string of the molecule is CC(=O)N1CCN(CC(O)c2ccc(Cl)cc2Cl)C(C)(C)C1. The molecular weight excluding hydrogens is 323 g/mol. The van der Waals surface area contributed by atoms with Gasteiger partial charge in [-0.2, -0.15) is 0 Å². The van der Waals surface area contributed by atoms with Crippen molar-refractivity contribution in [1.29, 1.82) is 0 Å². The Hall–Kier alpha value is -0.810. The summed E-state index contributed by atoms with van der Waals surface area (Å²) in [4.78, 5) is 15.6. The summed E-state index contributed by atoms with van der Waals surface area (Å²) >= 11 is 12.1. The number of rotatable bonds is 3. The molecular formula is C16H22Cl2N2O2. The first-order valence-corrected chi connectivity index (χ1v) is 8.10. The number of hydrogen-bond acceptors (Lipinski definition) is 3. The van der Waals surface area contributed by atoms with Crippen LogP contribution < -0.4 is 0 Å². The Morgan fingerprint density at radius 3 is 2.59 bits per heavy atom. The number of amides is 1. The molecule has 22 heavy (non-hydrogen) atoms. The second kappa shape index (κ2) is 6.75. The van der Waals surface area contributed by atoms with Crippen LogP contribution in [0.25, 0.3) is 0 Å². The average molecular weight is 345 g/mol. The van der Waals surface area contributed by atoms with Gasteiger partial charge in [-0.15, -0.1) is 0 Å². The van der Waals surface area contributed by atoms with E-state index in [0.717, 1.165) is 6.54 Å². The summed E-state index contributed by atoms with van der Waals surface area (Å²) < 4.78 is 0. The Kier molecular flexibility index (Phi) is 5.38. The Labute approximate surface area is 141 Å². The first kappa shape index (κ1) is 17.5. The minimum absolute atomic E-state index is 0.0917. The van der Waals surface area contributed by atoms with E-state index in [0.29, 0.717) is 35.2 Å². The van der Waals surface area contributed by atoms with Gasteiger partial charge in [0.25, 0.3) is 0 Å². The number of aliphatic hydroxyl groups is 1. The standard InChI is InChI=1S/C16H22Cl2N2O2/c1-11(21)19-6-7-20(16(2,3)10-19)9-15(22)13-5-4-12(17)8-14(13)18/h4-5,8,15,22H,6-7,9-10H2,1-3H3. The van der Waals surface area contributed by atoms with Gasteiger partial charge in [-0.05, 0) is 26.0 Å². The Balaban J connectivity index is 2.08. The molecule has 1 fully saturated rings. The molecule has 1 heterocycles. The van der Waals surface area contributed by atoms with Gasteiger partial charge in [0.15, 0.2) is 0 Å². The molecule has 0 radical (unpaired) electrons. The molecule has 1 aliphatic rings. The molecule has 1 amide bonds. The smallest absolute Gasteiger partial charge is 0.219 e. The minimum Gasteiger partial charge on any atom is -0.387 e. The van der Waals surface area contributed by atoms with Crippen molar-refractivity contribution in [1.82, 2.24) is 9.80 Å². The summed E-state index contributed by atoms with van der Waals surface area (Å²) in [6, 6.07) is 5.12. The maximum Gasteiger partial charge on any atom is 0.219 e. The van der Waals surface area contributed by atoms with E-state index in [1.54, 1.807) is 25.1 Å². The Morgan fingerprint density at radius 2 is 2.05 bits per heavy atom. The van der Waals surface area contributed by atoms with Crippen molar-refractivity contribution in [3.63, 3.8) is 0 Å².